The predicted molar refractivity (Wildman–Crippen MR) is 137 cm³/mol. The van der Waals surface area contributed by atoms with Gasteiger partial charge in [-0.2, -0.15) is 0 Å². The van der Waals surface area contributed by atoms with E-state index in [1.54, 1.807) is 54.6 Å². The number of para-hydroxylation sites is 2. The molecule has 1 saturated heterocycles. The number of Topliss-reactive ketones (excluding diaryl/α,β-unsaturated/α-hetero) is 1. The molecule has 0 aliphatic carbocycles. The quantitative estimate of drug-likeness (QED) is 0.358. The zero-order valence-electron chi connectivity index (χ0n) is 20.7. The first-order valence-electron chi connectivity index (χ1n) is 12.2. The average molecular weight is 544 g/mol. The molecule has 2 N–H and O–H groups in total. The highest BCUT2D eigenvalue weighted by Gasteiger charge is 2.40. The molecule has 2 unspecified atom stereocenters. The second kappa shape index (κ2) is 12.2. The van der Waals surface area contributed by atoms with Crippen molar-refractivity contribution >= 4 is 38.7 Å². The minimum Gasteiger partial charge on any atom is -0.450 e. The van der Waals surface area contributed by atoms with Crippen molar-refractivity contribution in [3.8, 4) is 0 Å². The average Bonchev–Trinajstić information content (AvgIpc) is 3.35. The summed E-state index contributed by atoms with van der Waals surface area (Å²) in [6.07, 6.45) is -1.45. The zero-order valence-corrected chi connectivity index (χ0v) is 21.5. The first-order valence-corrected chi connectivity index (χ1v) is 13.9. The van der Waals surface area contributed by atoms with Crippen LogP contribution in [0.3, 0.4) is 0 Å². The number of aromatic nitrogens is 1. The number of ether oxygens (including phenoxy) is 2. The molecule has 1 aliphatic heterocycles. The smallest absolute Gasteiger partial charge is 0.404 e. The summed E-state index contributed by atoms with van der Waals surface area (Å²) < 4.78 is 43.1. The number of morpholine rings is 1. The highest BCUT2D eigenvalue weighted by atomic mass is 32.2. The number of rotatable bonds is 11. The van der Waals surface area contributed by atoms with Gasteiger partial charge in [0.25, 0.3) is 5.89 Å². The van der Waals surface area contributed by atoms with Gasteiger partial charge in [-0.3, -0.25) is 9.59 Å². The molecular formula is C26H29N3O8S. The van der Waals surface area contributed by atoms with Crippen LogP contribution >= 0.6 is 0 Å². The predicted octanol–water partition coefficient (Wildman–Crippen LogP) is 2.34. The molecule has 1 aliphatic rings. The van der Waals surface area contributed by atoms with Gasteiger partial charge in [-0.15, -0.1) is 0 Å². The lowest BCUT2D eigenvalue weighted by Gasteiger charge is -2.31. The number of hydrogen-bond acceptors (Lipinski definition) is 9. The van der Waals surface area contributed by atoms with Crippen LogP contribution in [0.4, 0.5) is 4.79 Å². The molecule has 0 saturated carbocycles. The molecule has 1 fully saturated rings. The maximum Gasteiger partial charge on any atom is 0.404 e. The molecule has 2 aromatic carbocycles. The van der Waals surface area contributed by atoms with Crippen LogP contribution in [-0.4, -0.2) is 74.2 Å². The summed E-state index contributed by atoms with van der Waals surface area (Å²) in [5.74, 6) is -2.84. The Kier molecular flexibility index (Phi) is 8.74. The second-order valence-corrected chi connectivity index (χ2v) is 11.1. The molecule has 4 rings (SSSR count). The Morgan fingerprint density at radius 1 is 1.03 bits per heavy atom. The highest BCUT2D eigenvalue weighted by Crippen LogP contribution is 2.27. The summed E-state index contributed by atoms with van der Waals surface area (Å²) in [7, 11) is -4.07. The van der Waals surface area contributed by atoms with Gasteiger partial charge < -0.3 is 24.5 Å². The molecule has 2 amide bonds. The van der Waals surface area contributed by atoms with Crippen LogP contribution in [0.2, 0.25) is 0 Å². The number of carbonyl (C=O) groups excluding carboxylic acids is 3. The van der Waals surface area contributed by atoms with Gasteiger partial charge in [0.15, 0.2) is 15.4 Å². The molecule has 2 atom stereocenters. The molecule has 11 nitrogen and oxygen atoms in total. The summed E-state index contributed by atoms with van der Waals surface area (Å²) in [6, 6.07) is 15.3. The molecule has 12 heteroatoms. The van der Waals surface area contributed by atoms with Crippen molar-refractivity contribution in [3.05, 3.63) is 66.1 Å². The minimum atomic E-state index is -4.07. The van der Waals surface area contributed by atoms with E-state index in [1.165, 1.54) is 4.90 Å². The number of sulfone groups is 1. The number of ketones is 1. The van der Waals surface area contributed by atoms with Gasteiger partial charge in [-0.05, 0) is 30.5 Å². The summed E-state index contributed by atoms with van der Waals surface area (Å²) in [5.41, 5.74) is 6.44. The van der Waals surface area contributed by atoms with Gasteiger partial charge in [0, 0.05) is 19.0 Å². The third kappa shape index (κ3) is 6.75. The number of benzene rings is 2. The van der Waals surface area contributed by atoms with Crippen LogP contribution in [0.25, 0.3) is 11.1 Å². The number of fused-ring (bicyclic) bond motifs is 1. The third-order valence-electron chi connectivity index (χ3n) is 6.33. The molecule has 0 spiro atoms. The van der Waals surface area contributed by atoms with Gasteiger partial charge in [-0.1, -0.05) is 42.5 Å². The lowest BCUT2D eigenvalue weighted by Crippen LogP contribution is -2.49. The van der Waals surface area contributed by atoms with Crippen LogP contribution in [0.5, 0.6) is 0 Å². The van der Waals surface area contributed by atoms with E-state index in [2.05, 4.69) is 4.98 Å². The lowest BCUT2D eigenvalue weighted by atomic mass is 9.94. The topological polar surface area (TPSA) is 159 Å². The van der Waals surface area contributed by atoms with E-state index < -0.39 is 38.8 Å². The fourth-order valence-corrected chi connectivity index (χ4v) is 6.20. The monoisotopic (exact) mass is 543 g/mol. The summed E-state index contributed by atoms with van der Waals surface area (Å²) in [6.45, 7) is 0.808. The Labute approximate surface area is 219 Å². The number of primary amides is 1. The Morgan fingerprint density at radius 3 is 2.39 bits per heavy atom. The SMILES string of the molecule is NC(=O)OCCC(CC(C(=O)N1CCOCC1)S(=O)(=O)Cc1ccccc1)C(=O)c1nc2ccccc2o1. The van der Waals surface area contributed by atoms with Crippen molar-refractivity contribution in [3.63, 3.8) is 0 Å². The highest BCUT2D eigenvalue weighted by molar-refractivity contribution is 7.92. The minimum absolute atomic E-state index is 0.0752. The fourth-order valence-electron chi connectivity index (χ4n) is 4.36. The Balaban J connectivity index is 1.66. The van der Waals surface area contributed by atoms with E-state index >= 15 is 0 Å². The maximum atomic E-state index is 13.7. The van der Waals surface area contributed by atoms with E-state index in [-0.39, 0.29) is 57.4 Å². The number of nitrogens with zero attached hydrogens (tertiary/aromatic N) is 2. The van der Waals surface area contributed by atoms with Crippen molar-refractivity contribution in [2.24, 2.45) is 11.7 Å². The molecular weight excluding hydrogens is 514 g/mol. The van der Waals surface area contributed by atoms with E-state index in [4.69, 9.17) is 19.6 Å². The van der Waals surface area contributed by atoms with Crippen molar-refractivity contribution in [1.29, 1.82) is 0 Å². The zero-order chi connectivity index (χ0) is 27.1. The van der Waals surface area contributed by atoms with E-state index in [0.717, 1.165) is 0 Å². The molecule has 38 heavy (non-hydrogen) atoms. The van der Waals surface area contributed by atoms with Gasteiger partial charge in [0.2, 0.25) is 11.7 Å². The van der Waals surface area contributed by atoms with Crippen LogP contribution in [0.15, 0.2) is 59.0 Å². The van der Waals surface area contributed by atoms with Crippen molar-refractivity contribution in [2.45, 2.75) is 23.8 Å². The second-order valence-electron chi connectivity index (χ2n) is 8.96. The van der Waals surface area contributed by atoms with Crippen LogP contribution in [0.1, 0.15) is 29.1 Å². The van der Waals surface area contributed by atoms with E-state index in [1.807, 2.05) is 0 Å². The number of oxazole rings is 1. The number of hydrogen-bond donors (Lipinski definition) is 1. The van der Waals surface area contributed by atoms with Crippen LogP contribution < -0.4 is 5.73 Å². The summed E-state index contributed by atoms with van der Waals surface area (Å²) in [4.78, 5) is 44.0. The van der Waals surface area contributed by atoms with Crippen molar-refractivity contribution < 1.29 is 36.7 Å². The first-order chi connectivity index (χ1) is 18.2. The molecule has 1 aromatic heterocycles. The van der Waals surface area contributed by atoms with Crippen molar-refractivity contribution in [1.82, 2.24) is 9.88 Å². The van der Waals surface area contributed by atoms with E-state index in [0.29, 0.717) is 16.7 Å². The van der Waals surface area contributed by atoms with Gasteiger partial charge >= 0.3 is 6.09 Å². The normalized spacial score (nSPS) is 15.6. The Bertz CT molecular complexity index is 1350. The maximum absolute atomic E-state index is 13.7. The summed E-state index contributed by atoms with van der Waals surface area (Å²) in [5, 5.41) is -1.52. The van der Waals surface area contributed by atoms with Gasteiger partial charge in [0.05, 0.1) is 25.6 Å². The summed E-state index contributed by atoms with van der Waals surface area (Å²) >= 11 is 0. The van der Waals surface area contributed by atoms with Crippen LogP contribution in [0, 0.1) is 5.92 Å². The van der Waals surface area contributed by atoms with Crippen molar-refractivity contribution in [2.75, 3.05) is 32.9 Å². The Morgan fingerprint density at radius 2 is 1.71 bits per heavy atom. The molecule has 0 bridgehead atoms. The Hall–Kier alpha value is -3.77. The standard InChI is InChI=1S/C26H29N3O8S/c27-26(32)36-13-10-19(23(30)24-28-20-8-4-5-9-21(20)37-24)16-22(25(31)29-11-14-35-15-12-29)38(33,34)17-18-6-2-1-3-7-18/h1-9,19,22H,10-17H2,(H2,27,32). The first kappa shape index (κ1) is 27.3. The molecule has 0 radical (unpaired) electrons. The lowest BCUT2D eigenvalue weighted by molar-refractivity contribution is -0.135. The molecule has 3 aromatic rings. The number of amides is 2. The third-order valence-corrected chi connectivity index (χ3v) is 8.32. The number of carbonyl (C=O) groups is 3. The number of nitrogens with two attached hydrogens (primary N) is 1. The van der Waals surface area contributed by atoms with E-state index in [9.17, 15) is 22.8 Å². The fraction of sp³-hybridized carbons (Fsp3) is 0.385. The van der Waals surface area contributed by atoms with Gasteiger partial charge in [0.1, 0.15) is 10.8 Å². The van der Waals surface area contributed by atoms with Crippen LogP contribution in [-0.2, 0) is 29.9 Å². The largest absolute Gasteiger partial charge is 0.450 e. The molecule has 2 heterocycles. The molecule has 202 valence electrons. The van der Waals surface area contributed by atoms with Gasteiger partial charge in [-0.25, -0.2) is 18.2 Å².